The summed E-state index contributed by atoms with van der Waals surface area (Å²) in [6.45, 7) is 8.83. The van der Waals surface area contributed by atoms with Gasteiger partial charge in [-0.3, -0.25) is 8.47 Å². The number of carbonyl (C=O) groups excluding carboxylic acids is 2. The van der Waals surface area contributed by atoms with E-state index in [4.69, 9.17) is 38.8 Å². The molecular weight excluding hydrogens is 737 g/mol. The molecule has 4 aliphatic heterocycles. The lowest BCUT2D eigenvalue weighted by Gasteiger charge is -2.34. The second kappa shape index (κ2) is 13.1. The third kappa shape index (κ3) is 5.01. The molecule has 4 aliphatic rings. The van der Waals surface area contributed by atoms with E-state index in [0.29, 0.717) is 93.7 Å². The molecule has 15 heteroatoms. The summed E-state index contributed by atoms with van der Waals surface area (Å²) < 4.78 is 17.5. The first-order valence-electron chi connectivity index (χ1n) is 19.1. The first kappa shape index (κ1) is 34.5. The van der Waals surface area contributed by atoms with E-state index >= 15 is 0 Å². The van der Waals surface area contributed by atoms with Crippen LogP contribution in [0, 0.1) is 0 Å². The van der Waals surface area contributed by atoms with E-state index in [1.807, 2.05) is 125 Å². The first-order valence-corrected chi connectivity index (χ1v) is 20.8. The monoisotopic (exact) mass is 772 g/mol. The highest BCUT2D eigenvalue weighted by molar-refractivity contribution is 6.69. The maximum atomic E-state index is 14.8. The van der Waals surface area contributed by atoms with Crippen molar-refractivity contribution < 1.29 is 18.4 Å². The number of amides is 2. The molecule has 14 nitrogen and oxygen atoms in total. The standard InChI is InChI=1S/C42H36N10O4Si/c1-5-49(6-2)41(53)55-57(56-42(54)50(7-3)8-4)51-37-29-21-13-14-22-30(29)39(51)47-35-27-19-11-12-20-28(27)36(44-35)48-40-32-24-16-15-23-31(32)38(52(40)57)46-34-26-18-10-9-17-25(26)33(43-34)45-37/h9-24H,5-8H2,1-4H3/b45-33-,45-37?,46-34?,46-38-,47-35-,47-39?,48-36?,48-40-. The minimum atomic E-state index is -4.99. The fraction of sp³-hybridized carbons (Fsp3) is 0.190. The van der Waals surface area contributed by atoms with Crippen molar-refractivity contribution in [2.24, 2.45) is 30.0 Å². The number of benzene rings is 4. The van der Waals surface area contributed by atoms with Crippen molar-refractivity contribution in [2.45, 2.75) is 27.7 Å². The van der Waals surface area contributed by atoms with E-state index in [9.17, 15) is 9.59 Å². The number of aliphatic imine (C=N–C) groups is 4. The summed E-state index contributed by atoms with van der Waals surface area (Å²) >= 11 is 0. The van der Waals surface area contributed by atoms with Gasteiger partial charge in [0, 0.05) is 70.0 Å². The molecule has 57 heavy (non-hydrogen) atoms. The summed E-state index contributed by atoms with van der Waals surface area (Å²) in [6, 6.07) is 30.9. The quantitative estimate of drug-likeness (QED) is 0.183. The first-order chi connectivity index (χ1) is 27.9. The molecule has 0 atom stereocenters. The van der Waals surface area contributed by atoms with Gasteiger partial charge in [0.1, 0.15) is 22.6 Å². The van der Waals surface area contributed by atoms with Crippen molar-refractivity contribution in [1.29, 1.82) is 0 Å². The van der Waals surface area contributed by atoms with Crippen LogP contribution in [-0.4, -0.2) is 88.9 Å². The maximum absolute atomic E-state index is 14.8. The summed E-state index contributed by atoms with van der Waals surface area (Å²) in [4.78, 5) is 64.2. The van der Waals surface area contributed by atoms with Gasteiger partial charge in [0.25, 0.3) is 0 Å². The molecule has 6 heterocycles. The Morgan fingerprint density at radius 1 is 0.474 bits per heavy atom. The van der Waals surface area contributed by atoms with Crippen molar-refractivity contribution in [3.05, 3.63) is 130 Å². The summed E-state index contributed by atoms with van der Waals surface area (Å²) in [5, 5.41) is 2.68. The van der Waals surface area contributed by atoms with Crippen LogP contribution < -0.4 is 11.0 Å². The lowest BCUT2D eigenvalue weighted by atomic mass is 10.1. The second-order valence-electron chi connectivity index (χ2n) is 13.7. The number of fused-ring (bicyclic) bond motifs is 14. The van der Waals surface area contributed by atoms with Gasteiger partial charge in [0.2, 0.25) is 0 Å². The largest absolute Gasteiger partial charge is 0.744 e. The van der Waals surface area contributed by atoms with E-state index in [2.05, 4.69) is 0 Å². The van der Waals surface area contributed by atoms with Crippen LogP contribution in [0.15, 0.2) is 127 Å². The molecule has 0 saturated carbocycles. The van der Waals surface area contributed by atoms with Gasteiger partial charge in [-0.25, -0.2) is 39.5 Å². The van der Waals surface area contributed by atoms with Gasteiger partial charge in [-0.15, -0.1) is 0 Å². The molecule has 0 fully saturated rings. The highest BCUT2D eigenvalue weighted by Gasteiger charge is 2.60. The number of nitrogens with zero attached hydrogens (tertiary/aromatic N) is 10. The van der Waals surface area contributed by atoms with Crippen LogP contribution in [0.4, 0.5) is 21.2 Å². The van der Waals surface area contributed by atoms with Crippen LogP contribution in [0.25, 0.3) is 21.5 Å². The molecule has 2 amide bonds. The summed E-state index contributed by atoms with van der Waals surface area (Å²) in [6.07, 6.45) is -1.38. The Balaban J connectivity index is 1.51. The molecule has 0 N–H and O–H groups in total. The average Bonchev–Trinajstić information content (AvgIpc) is 3.95. The Hall–Kier alpha value is -7.00. The minimum absolute atomic E-state index is 0.332. The molecule has 4 aromatic carbocycles. The lowest BCUT2D eigenvalue weighted by Crippen LogP contribution is -2.67. The van der Waals surface area contributed by atoms with Crippen molar-refractivity contribution in [1.82, 2.24) is 18.3 Å². The van der Waals surface area contributed by atoms with E-state index in [0.717, 1.165) is 22.3 Å². The number of carbonyl (C=O) groups is 2. The van der Waals surface area contributed by atoms with Crippen LogP contribution in [0.1, 0.15) is 49.9 Å². The molecule has 0 aliphatic carbocycles. The SMILES string of the molecule is CCN(CC)C(=O)O[Si]1(OC(=O)N(CC)CC)n2c3c4ccccc4c2/N=C2N=C(/N=c4/c5ccccc5/c(n41)=N/C1=NC(=N\3)/c3ccccc31)c1ccccc1\2. The molecular formula is C42H36N10O4Si. The van der Waals surface area contributed by atoms with Gasteiger partial charge in [-0.05, 0) is 27.7 Å². The normalized spacial score (nSPS) is 18.2. The summed E-state index contributed by atoms with van der Waals surface area (Å²) in [5.74, 6) is 2.25. The van der Waals surface area contributed by atoms with Crippen LogP contribution in [0.2, 0.25) is 0 Å². The smallest absolute Gasteiger partial charge is 0.435 e. The molecule has 0 radical (unpaired) electrons. The van der Waals surface area contributed by atoms with Crippen molar-refractivity contribution in [2.75, 3.05) is 26.2 Å². The number of hydrogen-bond donors (Lipinski definition) is 0. The number of amidine groups is 4. The zero-order chi connectivity index (χ0) is 39.0. The summed E-state index contributed by atoms with van der Waals surface area (Å²) in [5.41, 5.74) is 3.74. The maximum Gasteiger partial charge on any atom is 0.744 e. The number of rotatable bonds is 6. The van der Waals surface area contributed by atoms with E-state index < -0.39 is 21.1 Å². The van der Waals surface area contributed by atoms with E-state index in [1.54, 1.807) is 18.3 Å². The fourth-order valence-electron chi connectivity index (χ4n) is 7.96. The Morgan fingerprint density at radius 3 is 1.18 bits per heavy atom. The van der Waals surface area contributed by atoms with Gasteiger partial charge >= 0.3 is 21.1 Å². The third-order valence-corrected chi connectivity index (χ3v) is 13.7. The lowest BCUT2D eigenvalue weighted by molar-refractivity contribution is 0.112. The zero-order valence-corrected chi connectivity index (χ0v) is 32.7. The van der Waals surface area contributed by atoms with Gasteiger partial charge in [0.15, 0.2) is 23.3 Å². The van der Waals surface area contributed by atoms with E-state index in [1.165, 1.54) is 0 Å². The molecule has 0 saturated heterocycles. The third-order valence-electron chi connectivity index (χ3n) is 10.8. The Morgan fingerprint density at radius 2 is 0.807 bits per heavy atom. The highest BCUT2D eigenvalue weighted by Crippen LogP contribution is 2.44. The van der Waals surface area contributed by atoms with Crippen molar-refractivity contribution in [3.63, 3.8) is 0 Å². The van der Waals surface area contributed by atoms with Crippen molar-refractivity contribution >= 4 is 77.6 Å². The van der Waals surface area contributed by atoms with Gasteiger partial charge in [-0.1, -0.05) is 97.1 Å². The molecule has 10 rings (SSSR count). The molecule has 282 valence electrons. The predicted octanol–water partition coefficient (Wildman–Crippen LogP) is 6.33. The Kier molecular flexibility index (Phi) is 7.90. The second-order valence-corrected chi connectivity index (χ2v) is 16.1. The summed E-state index contributed by atoms with van der Waals surface area (Å²) in [7, 11) is -4.99. The van der Waals surface area contributed by atoms with Crippen molar-refractivity contribution in [3.8, 4) is 0 Å². The predicted molar refractivity (Wildman–Crippen MR) is 220 cm³/mol. The van der Waals surface area contributed by atoms with Crippen LogP contribution >= 0.6 is 0 Å². The Labute approximate surface area is 327 Å². The number of aromatic nitrogens is 2. The fourth-order valence-corrected chi connectivity index (χ4v) is 11.0. The number of hydrogen-bond acceptors (Lipinski definition) is 10. The Bertz CT molecular complexity index is 2800. The molecule has 0 unspecified atom stereocenters. The average molecular weight is 773 g/mol. The minimum Gasteiger partial charge on any atom is -0.435 e. The molecule has 0 spiro atoms. The molecule has 6 bridgehead atoms. The zero-order valence-electron chi connectivity index (χ0n) is 31.7. The van der Waals surface area contributed by atoms with Crippen LogP contribution in [0.3, 0.4) is 0 Å². The van der Waals surface area contributed by atoms with E-state index in [-0.39, 0.29) is 0 Å². The van der Waals surface area contributed by atoms with Gasteiger partial charge in [0.05, 0.1) is 0 Å². The van der Waals surface area contributed by atoms with Crippen LogP contribution in [0.5, 0.6) is 0 Å². The topological polar surface area (TPSA) is 143 Å². The molecule has 6 aromatic rings. The van der Waals surface area contributed by atoms with Gasteiger partial charge in [-0.2, -0.15) is 0 Å². The molecule has 2 aromatic heterocycles. The highest BCUT2D eigenvalue weighted by atomic mass is 28.4. The van der Waals surface area contributed by atoms with Crippen LogP contribution in [-0.2, 0) is 8.85 Å². The van der Waals surface area contributed by atoms with Gasteiger partial charge < -0.3 is 18.7 Å².